The van der Waals surface area contributed by atoms with Crippen LogP contribution in [0.2, 0.25) is 0 Å². The van der Waals surface area contributed by atoms with Gasteiger partial charge in [-0.25, -0.2) is 0 Å². The average molecular weight is 411 g/mol. The third-order valence-corrected chi connectivity index (χ3v) is 4.90. The van der Waals surface area contributed by atoms with Gasteiger partial charge in [0.05, 0.1) is 11.1 Å². The summed E-state index contributed by atoms with van der Waals surface area (Å²) in [7, 11) is 0. The van der Waals surface area contributed by atoms with E-state index < -0.39 is 35.3 Å². The van der Waals surface area contributed by atoms with E-state index in [4.69, 9.17) is 0 Å². The molecule has 1 aromatic rings. The molecule has 7 nitrogen and oxygen atoms in total. The van der Waals surface area contributed by atoms with Crippen molar-refractivity contribution in [2.75, 3.05) is 26.2 Å². The summed E-state index contributed by atoms with van der Waals surface area (Å²) in [5.74, 6) is -3.32. The van der Waals surface area contributed by atoms with Gasteiger partial charge >= 0.3 is 12.1 Å². The molecule has 0 saturated carbocycles. The van der Waals surface area contributed by atoms with Crippen molar-refractivity contribution in [2.45, 2.75) is 32.5 Å². The Kier molecular flexibility index (Phi) is 4.92. The number of imide groups is 1. The topological polar surface area (TPSA) is 78.0 Å². The lowest BCUT2D eigenvalue weighted by Gasteiger charge is -2.35. The predicted molar refractivity (Wildman–Crippen MR) is 95.2 cm³/mol. The van der Waals surface area contributed by atoms with Gasteiger partial charge in [0.25, 0.3) is 17.7 Å². The van der Waals surface area contributed by atoms with Gasteiger partial charge in [-0.3, -0.25) is 24.1 Å². The number of carbonyl (C=O) groups excluding carboxylic acids is 4. The maximum Gasteiger partial charge on any atom is 0.471 e. The van der Waals surface area contributed by atoms with Crippen LogP contribution >= 0.6 is 0 Å². The molecule has 4 amide bonds. The summed E-state index contributed by atoms with van der Waals surface area (Å²) in [6, 6.07) is 4.18. The van der Waals surface area contributed by atoms with Crippen molar-refractivity contribution >= 4 is 23.6 Å². The van der Waals surface area contributed by atoms with Gasteiger partial charge in [-0.2, -0.15) is 13.2 Å². The molecule has 0 aliphatic carbocycles. The third kappa shape index (κ3) is 3.70. The number of alkyl halides is 3. The highest BCUT2D eigenvalue weighted by atomic mass is 19.4. The Bertz CT molecular complexity index is 897. The number of hydrogen-bond donors (Lipinski definition) is 0. The number of benzene rings is 1. The molecule has 1 aromatic carbocycles. The fraction of sp³-hybridized carbons (Fsp3) is 0.474. The summed E-state index contributed by atoms with van der Waals surface area (Å²) in [4.78, 5) is 52.3. The molecule has 29 heavy (non-hydrogen) atoms. The zero-order valence-corrected chi connectivity index (χ0v) is 16.2. The fourth-order valence-electron chi connectivity index (χ4n) is 3.46. The number of nitrogens with zero attached hydrogens (tertiary/aromatic N) is 3. The first-order chi connectivity index (χ1) is 13.3. The molecule has 2 heterocycles. The van der Waals surface area contributed by atoms with E-state index in [-0.39, 0.29) is 42.9 Å². The second kappa shape index (κ2) is 6.85. The molecule has 2 aliphatic rings. The van der Waals surface area contributed by atoms with E-state index in [2.05, 4.69) is 0 Å². The predicted octanol–water partition coefficient (Wildman–Crippen LogP) is 1.93. The molecule has 3 rings (SSSR count). The van der Waals surface area contributed by atoms with E-state index >= 15 is 0 Å². The minimum absolute atomic E-state index is 0.0568. The number of hydrogen-bond acceptors (Lipinski definition) is 4. The van der Waals surface area contributed by atoms with Crippen LogP contribution in [-0.4, -0.2) is 76.2 Å². The van der Waals surface area contributed by atoms with Crippen molar-refractivity contribution in [1.82, 2.24) is 14.7 Å². The van der Waals surface area contributed by atoms with Crippen LogP contribution in [0.3, 0.4) is 0 Å². The van der Waals surface area contributed by atoms with E-state index in [0.29, 0.717) is 4.90 Å². The lowest BCUT2D eigenvalue weighted by Crippen LogP contribution is -2.53. The zero-order chi connectivity index (χ0) is 21.7. The standard InChI is InChI=1S/C19H20F3N3O4/c1-18(2,3)25-15(27)12-5-4-11(10-13(12)16(25)28)14(26)23-6-8-24(9-7-23)17(29)19(20,21)22/h4-5,10H,6-9H2,1-3H3. The van der Waals surface area contributed by atoms with Gasteiger partial charge in [-0.15, -0.1) is 0 Å². The van der Waals surface area contributed by atoms with Crippen LogP contribution in [0.5, 0.6) is 0 Å². The number of rotatable bonds is 1. The first-order valence-electron chi connectivity index (χ1n) is 9.00. The molecule has 0 unspecified atom stereocenters. The van der Waals surface area contributed by atoms with Gasteiger partial charge in [-0.1, -0.05) is 0 Å². The van der Waals surface area contributed by atoms with E-state index in [1.165, 1.54) is 23.1 Å². The SMILES string of the molecule is CC(C)(C)N1C(=O)c2ccc(C(=O)N3CCN(C(=O)C(F)(F)F)CC3)cc2C1=O. The van der Waals surface area contributed by atoms with Crippen molar-refractivity contribution < 1.29 is 32.3 Å². The van der Waals surface area contributed by atoms with Gasteiger partial charge in [0.1, 0.15) is 0 Å². The molecular formula is C19H20F3N3O4. The smallest absolute Gasteiger partial charge is 0.335 e. The van der Waals surface area contributed by atoms with Crippen LogP contribution in [0.25, 0.3) is 0 Å². The molecule has 0 atom stereocenters. The summed E-state index contributed by atoms with van der Waals surface area (Å²) in [6.45, 7) is 4.60. The Morgan fingerprint density at radius 3 is 1.90 bits per heavy atom. The van der Waals surface area contributed by atoms with E-state index in [9.17, 15) is 32.3 Å². The van der Waals surface area contributed by atoms with Crippen molar-refractivity contribution in [3.63, 3.8) is 0 Å². The number of carbonyl (C=O) groups is 4. The van der Waals surface area contributed by atoms with Gasteiger partial charge in [0.2, 0.25) is 0 Å². The van der Waals surface area contributed by atoms with Crippen LogP contribution in [0.4, 0.5) is 13.2 Å². The molecule has 10 heteroatoms. The van der Waals surface area contributed by atoms with Crippen LogP contribution in [-0.2, 0) is 4.79 Å². The van der Waals surface area contributed by atoms with E-state index in [1.807, 2.05) is 0 Å². The lowest BCUT2D eigenvalue weighted by atomic mass is 10.0. The number of amides is 4. The van der Waals surface area contributed by atoms with Gasteiger partial charge in [-0.05, 0) is 39.0 Å². The molecule has 2 aliphatic heterocycles. The number of halogens is 3. The van der Waals surface area contributed by atoms with Gasteiger partial charge < -0.3 is 9.80 Å². The monoisotopic (exact) mass is 411 g/mol. The highest BCUT2D eigenvalue weighted by Gasteiger charge is 2.44. The molecule has 0 bridgehead atoms. The summed E-state index contributed by atoms with van der Waals surface area (Å²) in [6.07, 6.45) is -4.95. The van der Waals surface area contributed by atoms with E-state index in [1.54, 1.807) is 20.8 Å². The van der Waals surface area contributed by atoms with Gasteiger partial charge in [0.15, 0.2) is 0 Å². The second-order valence-electron chi connectivity index (χ2n) is 7.96. The second-order valence-corrected chi connectivity index (χ2v) is 7.96. The normalized spacial score (nSPS) is 17.7. The minimum atomic E-state index is -4.95. The Labute approximate surface area is 165 Å². The van der Waals surface area contributed by atoms with Crippen molar-refractivity contribution in [1.29, 1.82) is 0 Å². The van der Waals surface area contributed by atoms with Crippen LogP contribution in [0.15, 0.2) is 18.2 Å². The molecule has 1 saturated heterocycles. The van der Waals surface area contributed by atoms with E-state index in [0.717, 1.165) is 4.90 Å². The largest absolute Gasteiger partial charge is 0.471 e. The molecule has 0 radical (unpaired) electrons. The Balaban J connectivity index is 1.75. The fourth-order valence-corrected chi connectivity index (χ4v) is 3.46. The third-order valence-electron chi connectivity index (χ3n) is 4.90. The highest BCUT2D eigenvalue weighted by molar-refractivity contribution is 6.22. The molecule has 0 N–H and O–H groups in total. The maximum absolute atomic E-state index is 12.7. The highest BCUT2D eigenvalue weighted by Crippen LogP contribution is 2.30. The van der Waals surface area contributed by atoms with Gasteiger partial charge in [0, 0.05) is 37.3 Å². The van der Waals surface area contributed by atoms with Crippen molar-refractivity contribution in [2.24, 2.45) is 0 Å². The maximum atomic E-state index is 12.7. The Hall–Kier alpha value is -2.91. The summed E-state index contributed by atoms with van der Waals surface area (Å²) in [5.41, 5.74) is -0.224. The first kappa shape index (κ1) is 20.8. The summed E-state index contributed by atoms with van der Waals surface area (Å²) < 4.78 is 37.6. The summed E-state index contributed by atoms with van der Waals surface area (Å²) >= 11 is 0. The van der Waals surface area contributed by atoms with Crippen molar-refractivity contribution in [3.8, 4) is 0 Å². The lowest BCUT2D eigenvalue weighted by molar-refractivity contribution is -0.186. The Morgan fingerprint density at radius 2 is 1.38 bits per heavy atom. The molecule has 1 fully saturated rings. The number of piperazine rings is 1. The van der Waals surface area contributed by atoms with Crippen molar-refractivity contribution in [3.05, 3.63) is 34.9 Å². The van der Waals surface area contributed by atoms with Crippen LogP contribution < -0.4 is 0 Å². The Morgan fingerprint density at radius 1 is 0.862 bits per heavy atom. The first-order valence-corrected chi connectivity index (χ1v) is 9.00. The quantitative estimate of drug-likeness (QED) is 0.662. The number of fused-ring (bicyclic) bond motifs is 1. The molecule has 0 spiro atoms. The average Bonchev–Trinajstić information content (AvgIpc) is 2.90. The van der Waals surface area contributed by atoms with Crippen LogP contribution in [0.1, 0.15) is 51.8 Å². The molecule has 0 aromatic heterocycles. The zero-order valence-electron chi connectivity index (χ0n) is 16.2. The minimum Gasteiger partial charge on any atom is -0.335 e. The summed E-state index contributed by atoms with van der Waals surface area (Å²) in [5, 5.41) is 0. The molecule has 156 valence electrons. The molecular weight excluding hydrogens is 391 g/mol. The van der Waals surface area contributed by atoms with Crippen LogP contribution in [0, 0.1) is 0 Å².